The van der Waals surface area contributed by atoms with E-state index in [0.29, 0.717) is 31.3 Å². The minimum absolute atomic E-state index is 0.0166. The summed E-state index contributed by atoms with van der Waals surface area (Å²) in [6, 6.07) is 1.78. The lowest BCUT2D eigenvalue weighted by molar-refractivity contribution is -0.134. The van der Waals surface area contributed by atoms with E-state index in [2.05, 4.69) is 5.10 Å². The van der Waals surface area contributed by atoms with E-state index in [-0.39, 0.29) is 24.5 Å². The Morgan fingerprint density at radius 2 is 2.32 bits per heavy atom. The van der Waals surface area contributed by atoms with Gasteiger partial charge in [0.1, 0.15) is 12.3 Å². The first-order chi connectivity index (χ1) is 10.6. The van der Waals surface area contributed by atoms with Gasteiger partial charge in [0.15, 0.2) is 0 Å². The molecule has 1 aromatic heterocycles. The van der Waals surface area contributed by atoms with Crippen LogP contribution in [0.4, 0.5) is 0 Å². The first-order valence-electron chi connectivity index (χ1n) is 7.76. The van der Waals surface area contributed by atoms with Crippen molar-refractivity contribution in [2.24, 2.45) is 5.92 Å². The van der Waals surface area contributed by atoms with Gasteiger partial charge in [0.25, 0.3) is 5.91 Å². The maximum Gasteiger partial charge on any atom is 0.274 e. The van der Waals surface area contributed by atoms with Crippen LogP contribution in [-0.4, -0.2) is 70.8 Å². The zero-order valence-corrected chi connectivity index (χ0v) is 13.1. The van der Waals surface area contributed by atoms with Crippen LogP contribution in [0.2, 0.25) is 0 Å². The van der Waals surface area contributed by atoms with E-state index in [1.54, 1.807) is 27.6 Å². The second-order valence-electron chi connectivity index (χ2n) is 5.94. The molecule has 120 valence electrons. The lowest BCUT2D eigenvalue weighted by Crippen LogP contribution is -2.54. The molecule has 0 aliphatic carbocycles. The molecular weight excluding hydrogens is 284 g/mol. The number of aryl methyl sites for hydroxylation is 1. The Kier molecular flexibility index (Phi) is 4.15. The number of piperidine rings is 1. The summed E-state index contributed by atoms with van der Waals surface area (Å²) in [5.41, 5.74) is 0.471. The van der Waals surface area contributed by atoms with Crippen molar-refractivity contribution in [3.8, 4) is 0 Å². The Bertz CT molecular complexity index is 571. The van der Waals surface area contributed by atoms with Crippen molar-refractivity contribution in [2.45, 2.75) is 25.9 Å². The molecule has 2 fully saturated rings. The number of fused-ring (bicyclic) bond motifs is 1. The summed E-state index contributed by atoms with van der Waals surface area (Å²) in [7, 11) is 1.80. The van der Waals surface area contributed by atoms with Gasteiger partial charge in [0.05, 0.1) is 12.6 Å². The van der Waals surface area contributed by atoms with Crippen LogP contribution in [0, 0.1) is 5.92 Å². The average Bonchev–Trinajstić information content (AvgIpc) is 2.97. The molecule has 7 nitrogen and oxygen atoms in total. The van der Waals surface area contributed by atoms with E-state index < -0.39 is 0 Å². The first-order valence-corrected chi connectivity index (χ1v) is 7.76. The van der Waals surface area contributed by atoms with Gasteiger partial charge in [0.2, 0.25) is 5.91 Å². The monoisotopic (exact) mass is 306 g/mol. The van der Waals surface area contributed by atoms with Gasteiger partial charge in [-0.25, -0.2) is 0 Å². The van der Waals surface area contributed by atoms with Crippen LogP contribution in [0.3, 0.4) is 0 Å². The Balaban J connectivity index is 1.73. The molecule has 2 amide bonds. The lowest BCUT2D eigenvalue weighted by atomic mass is 9.91. The number of likely N-dealkylation sites (tertiary alicyclic amines) is 1. The molecule has 0 N–H and O–H groups in total. The van der Waals surface area contributed by atoms with Gasteiger partial charge in [-0.15, -0.1) is 0 Å². The number of amides is 2. The van der Waals surface area contributed by atoms with Crippen LogP contribution in [0.5, 0.6) is 0 Å². The number of nitrogens with zero attached hydrogens (tertiary/aromatic N) is 4. The number of carbonyl (C=O) groups excluding carboxylic acids is 2. The summed E-state index contributed by atoms with van der Waals surface area (Å²) in [6.07, 6.45) is 2.66. The van der Waals surface area contributed by atoms with Crippen molar-refractivity contribution in [1.82, 2.24) is 19.6 Å². The SMILES string of the molecule is CCn1ccc(C(=O)N2CC[C@H]3COCC(=O)N(C)[C@H]3C2)n1. The minimum Gasteiger partial charge on any atom is -0.371 e. The number of carbonyl (C=O) groups is 2. The van der Waals surface area contributed by atoms with Crippen molar-refractivity contribution >= 4 is 11.8 Å². The third kappa shape index (κ3) is 2.72. The fourth-order valence-electron chi connectivity index (χ4n) is 3.20. The Labute approximate surface area is 129 Å². The lowest BCUT2D eigenvalue weighted by Gasteiger charge is -2.40. The predicted molar refractivity (Wildman–Crippen MR) is 79.3 cm³/mol. The van der Waals surface area contributed by atoms with Crippen LogP contribution in [0.1, 0.15) is 23.8 Å². The molecule has 3 rings (SSSR count). The van der Waals surface area contributed by atoms with Crippen molar-refractivity contribution in [1.29, 1.82) is 0 Å². The number of likely N-dealkylation sites (N-methyl/N-ethyl adjacent to an activating group) is 1. The highest BCUT2D eigenvalue weighted by molar-refractivity contribution is 5.92. The highest BCUT2D eigenvalue weighted by Crippen LogP contribution is 2.25. The van der Waals surface area contributed by atoms with Gasteiger partial charge in [-0.05, 0) is 19.4 Å². The molecule has 3 heterocycles. The molecule has 7 heteroatoms. The molecule has 0 unspecified atom stereocenters. The van der Waals surface area contributed by atoms with Crippen molar-refractivity contribution < 1.29 is 14.3 Å². The van der Waals surface area contributed by atoms with Crippen LogP contribution in [-0.2, 0) is 16.1 Å². The van der Waals surface area contributed by atoms with Crippen LogP contribution in [0.25, 0.3) is 0 Å². The smallest absolute Gasteiger partial charge is 0.274 e. The van der Waals surface area contributed by atoms with E-state index in [1.165, 1.54) is 0 Å². The third-order valence-corrected chi connectivity index (χ3v) is 4.64. The van der Waals surface area contributed by atoms with E-state index in [4.69, 9.17) is 4.74 Å². The predicted octanol–water partition coefficient (Wildman–Crippen LogP) is 0.222. The molecule has 2 aliphatic heterocycles. The van der Waals surface area contributed by atoms with Gasteiger partial charge in [-0.2, -0.15) is 5.10 Å². The summed E-state index contributed by atoms with van der Waals surface area (Å²) in [5, 5.41) is 4.28. The molecule has 0 aromatic carbocycles. The number of hydrogen-bond acceptors (Lipinski definition) is 4. The molecular formula is C15H22N4O3. The molecule has 22 heavy (non-hydrogen) atoms. The van der Waals surface area contributed by atoms with E-state index in [9.17, 15) is 9.59 Å². The first kappa shape index (κ1) is 15.0. The quantitative estimate of drug-likeness (QED) is 0.784. The zero-order chi connectivity index (χ0) is 15.7. The second kappa shape index (κ2) is 6.08. The Hall–Kier alpha value is -1.89. The van der Waals surface area contributed by atoms with Gasteiger partial charge >= 0.3 is 0 Å². The maximum absolute atomic E-state index is 12.6. The minimum atomic E-state index is -0.0586. The van der Waals surface area contributed by atoms with Crippen molar-refractivity contribution in [3.63, 3.8) is 0 Å². The summed E-state index contributed by atoms with van der Waals surface area (Å²) in [4.78, 5) is 28.1. The number of ether oxygens (including phenoxy) is 1. The molecule has 0 radical (unpaired) electrons. The van der Waals surface area contributed by atoms with Gasteiger partial charge in [-0.3, -0.25) is 14.3 Å². The van der Waals surface area contributed by atoms with Crippen molar-refractivity contribution in [2.75, 3.05) is 33.4 Å². The second-order valence-corrected chi connectivity index (χ2v) is 5.94. The fraction of sp³-hybridized carbons (Fsp3) is 0.667. The third-order valence-electron chi connectivity index (χ3n) is 4.64. The van der Waals surface area contributed by atoms with E-state index in [1.807, 2.05) is 13.1 Å². The maximum atomic E-state index is 12.6. The molecule has 2 aliphatic rings. The highest BCUT2D eigenvalue weighted by atomic mass is 16.5. The summed E-state index contributed by atoms with van der Waals surface area (Å²) in [5.74, 6) is 0.224. The Morgan fingerprint density at radius 3 is 3.05 bits per heavy atom. The van der Waals surface area contributed by atoms with E-state index >= 15 is 0 Å². The molecule has 1 aromatic rings. The Morgan fingerprint density at radius 1 is 1.50 bits per heavy atom. The van der Waals surface area contributed by atoms with Crippen LogP contribution < -0.4 is 0 Å². The van der Waals surface area contributed by atoms with Crippen LogP contribution in [0.15, 0.2) is 12.3 Å². The standard InChI is InChI=1S/C15H22N4O3/c1-3-19-7-5-12(16-19)15(21)18-6-4-11-9-22-10-14(20)17(2)13(11)8-18/h5,7,11,13H,3-4,6,8-10H2,1-2H3/t11-,13-/m0/s1. The summed E-state index contributed by atoms with van der Waals surface area (Å²) in [6.45, 7) is 4.69. The molecule has 2 atom stereocenters. The molecule has 0 spiro atoms. The van der Waals surface area contributed by atoms with Crippen LogP contribution >= 0.6 is 0 Å². The van der Waals surface area contributed by atoms with Gasteiger partial charge in [-0.1, -0.05) is 0 Å². The summed E-state index contributed by atoms with van der Waals surface area (Å²) >= 11 is 0. The number of hydrogen-bond donors (Lipinski definition) is 0. The fourth-order valence-corrected chi connectivity index (χ4v) is 3.20. The van der Waals surface area contributed by atoms with E-state index in [0.717, 1.165) is 13.0 Å². The number of aromatic nitrogens is 2. The molecule has 0 bridgehead atoms. The topological polar surface area (TPSA) is 67.7 Å². The number of rotatable bonds is 2. The largest absolute Gasteiger partial charge is 0.371 e. The molecule has 0 saturated carbocycles. The summed E-state index contributed by atoms with van der Waals surface area (Å²) < 4.78 is 7.18. The van der Waals surface area contributed by atoms with Gasteiger partial charge in [0, 0.05) is 38.8 Å². The average molecular weight is 306 g/mol. The zero-order valence-electron chi connectivity index (χ0n) is 13.1. The van der Waals surface area contributed by atoms with Crippen molar-refractivity contribution in [3.05, 3.63) is 18.0 Å². The van der Waals surface area contributed by atoms with Gasteiger partial charge < -0.3 is 14.5 Å². The molecule has 2 saturated heterocycles. The normalized spacial score (nSPS) is 25.8. The highest BCUT2D eigenvalue weighted by Gasteiger charge is 2.38.